The highest BCUT2D eigenvalue weighted by Gasteiger charge is 2.40. The summed E-state index contributed by atoms with van der Waals surface area (Å²) < 4.78 is 11.5. The lowest BCUT2D eigenvalue weighted by Gasteiger charge is -2.37. The van der Waals surface area contributed by atoms with Crippen molar-refractivity contribution in [3.05, 3.63) is 18.0 Å². The zero-order valence-corrected chi connectivity index (χ0v) is 14.8. The Morgan fingerprint density at radius 1 is 1.16 bits per heavy atom. The van der Waals surface area contributed by atoms with Crippen molar-refractivity contribution in [3.63, 3.8) is 0 Å². The first-order chi connectivity index (χ1) is 12.2. The topological polar surface area (TPSA) is 67.8 Å². The van der Waals surface area contributed by atoms with E-state index in [1.807, 2.05) is 4.90 Å². The summed E-state index contributed by atoms with van der Waals surface area (Å²) in [4.78, 5) is 25.5. The van der Waals surface area contributed by atoms with Crippen LogP contribution in [-0.4, -0.2) is 66.0 Å². The van der Waals surface area contributed by atoms with Gasteiger partial charge in [0.05, 0.1) is 18.8 Å². The Labute approximate surface area is 148 Å². The Morgan fingerprint density at radius 3 is 2.48 bits per heavy atom. The van der Waals surface area contributed by atoms with Crippen LogP contribution in [0, 0.1) is 5.92 Å². The van der Waals surface area contributed by atoms with Crippen molar-refractivity contribution in [1.29, 1.82) is 0 Å². The van der Waals surface area contributed by atoms with E-state index in [0.29, 0.717) is 30.6 Å². The first kappa shape index (κ1) is 16.7. The highest BCUT2D eigenvalue weighted by Crippen LogP contribution is 2.32. The smallest absolute Gasteiger partial charge is 0.257 e. The Morgan fingerprint density at radius 2 is 1.84 bits per heavy atom. The van der Waals surface area contributed by atoms with Gasteiger partial charge in [-0.25, -0.2) is 9.97 Å². The monoisotopic (exact) mass is 346 g/mol. The fourth-order valence-corrected chi connectivity index (χ4v) is 3.98. The van der Waals surface area contributed by atoms with Gasteiger partial charge in [0.2, 0.25) is 5.95 Å². The molecule has 0 radical (unpaired) electrons. The number of nitrogens with zero attached hydrogens (tertiary/aromatic N) is 4. The highest BCUT2D eigenvalue weighted by atomic mass is 16.7. The molecule has 3 aliphatic heterocycles. The standard InChI is InChI=1S/C18H26N4O3/c1-14-3-2-6-22(13-14)16(23)15-11-19-17(20-12-15)21-7-4-18(5-8-21)24-9-10-25-18/h11-12,14H,2-10,13H2,1H3. The maximum Gasteiger partial charge on any atom is 0.257 e. The van der Waals surface area contributed by atoms with E-state index in [2.05, 4.69) is 21.8 Å². The van der Waals surface area contributed by atoms with Crippen molar-refractivity contribution in [2.45, 2.75) is 38.4 Å². The minimum absolute atomic E-state index is 0.0449. The van der Waals surface area contributed by atoms with Gasteiger partial charge in [-0.1, -0.05) is 6.92 Å². The number of piperidine rings is 2. The molecule has 0 aliphatic carbocycles. The molecule has 1 atom stereocenters. The third-order valence-corrected chi connectivity index (χ3v) is 5.45. The fraction of sp³-hybridized carbons (Fsp3) is 0.722. The molecule has 7 nitrogen and oxygen atoms in total. The molecule has 4 rings (SSSR count). The molecule has 1 aromatic rings. The highest BCUT2D eigenvalue weighted by molar-refractivity contribution is 5.93. The van der Waals surface area contributed by atoms with E-state index in [9.17, 15) is 4.79 Å². The number of ether oxygens (including phenoxy) is 2. The number of rotatable bonds is 2. The van der Waals surface area contributed by atoms with Crippen LogP contribution in [0.4, 0.5) is 5.95 Å². The fourth-order valence-electron chi connectivity index (χ4n) is 3.98. The van der Waals surface area contributed by atoms with Crippen molar-refractivity contribution < 1.29 is 14.3 Å². The summed E-state index contributed by atoms with van der Waals surface area (Å²) in [5.74, 6) is 0.899. The second-order valence-electron chi connectivity index (χ2n) is 7.36. The van der Waals surface area contributed by atoms with E-state index in [4.69, 9.17) is 9.47 Å². The molecule has 136 valence electrons. The van der Waals surface area contributed by atoms with E-state index in [1.54, 1.807) is 12.4 Å². The van der Waals surface area contributed by atoms with Gasteiger partial charge in [-0.3, -0.25) is 4.79 Å². The number of anilines is 1. The van der Waals surface area contributed by atoms with Gasteiger partial charge < -0.3 is 19.3 Å². The van der Waals surface area contributed by atoms with E-state index in [0.717, 1.165) is 45.4 Å². The van der Waals surface area contributed by atoms with Crippen molar-refractivity contribution >= 4 is 11.9 Å². The molecule has 3 fully saturated rings. The van der Waals surface area contributed by atoms with Crippen LogP contribution in [0.2, 0.25) is 0 Å². The van der Waals surface area contributed by atoms with Gasteiger partial charge in [0, 0.05) is 51.4 Å². The molecule has 7 heteroatoms. The van der Waals surface area contributed by atoms with Gasteiger partial charge in [0.1, 0.15) is 0 Å². The Hall–Kier alpha value is -1.73. The number of amides is 1. The minimum atomic E-state index is -0.392. The first-order valence-corrected chi connectivity index (χ1v) is 9.29. The molecule has 1 aromatic heterocycles. The summed E-state index contributed by atoms with van der Waals surface area (Å²) >= 11 is 0. The molecular formula is C18H26N4O3. The van der Waals surface area contributed by atoms with E-state index in [1.165, 1.54) is 6.42 Å². The van der Waals surface area contributed by atoms with Gasteiger partial charge in [-0.05, 0) is 18.8 Å². The molecular weight excluding hydrogens is 320 g/mol. The largest absolute Gasteiger partial charge is 0.347 e. The Kier molecular flexibility index (Phi) is 4.60. The van der Waals surface area contributed by atoms with Gasteiger partial charge in [-0.15, -0.1) is 0 Å². The molecule has 25 heavy (non-hydrogen) atoms. The van der Waals surface area contributed by atoms with Crippen LogP contribution in [-0.2, 0) is 9.47 Å². The number of carbonyl (C=O) groups is 1. The predicted octanol–water partition coefficient (Wildman–Crippen LogP) is 1.69. The lowest BCUT2D eigenvalue weighted by atomic mass is 10.00. The van der Waals surface area contributed by atoms with Gasteiger partial charge >= 0.3 is 0 Å². The van der Waals surface area contributed by atoms with Crippen LogP contribution in [0.5, 0.6) is 0 Å². The van der Waals surface area contributed by atoms with Gasteiger partial charge in [0.25, 0.3) is 5.91 Å². The average molecular weight is 346 g/mol. The summed E-state index contributed by atoms with van der Waals surface area (Å²) in [5, 5.41) is 0. The van der Waals surface area contributed by atoms with Crippen LogP contribution in [0.15, 0.2) is 12.4 Å². The van der Waals surface area contributed by atoms with Crippen LogP contribution in [0.25, 0.3) is 0 Å². The normalized spacial score (nSPS) is 26.2. The van der Waals surface area contributed by atoms with E-state index in [-0.39, 0.29) is 5.91 Å². The second kappa shape index (κ2) is 6.88. The van der Waals surface area contributed by atoms with Crippen molar-refractivity contribution in [2.75, 3.05) is 44.3 Å². The third kappa shape index (κ3) is 3.48. The molecule has 0 aromatic carbocycles. The quantitative estimate of drug-likeness (QED) is 0.812. The maximum atomic E-state index is 12.6. The third-order valence-electron chi connectivity index (χ3n) is 5.45. The molecule has 4 heterocycles. The molecule has 1 spiro atoms. The predicted molar refractivity (Wildman–Crippen MR) is 92.4 cm³/mol. The number of hydrogen-bond acceptors (Lipinski definition) is 6. The SMILES string of the molecule is CC1CCCN(C(=O)c2cnc(N3CCC4(CC3)OCCO4)nc2)C1. The zero-order chi connectivity index (χ0) is 17.3. The number of likely N-dealkylation sites (tertiary alicyclic amines) is 1. The van der Waals surface area contributed by atoms with Gasteiger partial charge in [-0.2, -0.15) is 0 Å². The van der Waals surface area contributed by atoms with Crippen molar-refractivity contribution in [1.82, 2.24) is 14.9 Å². The number of aromatic nitrogens is 2. The summed E-state index contributed by atoms with van der Waals surface area (Å²) in [6, 6.07) is 0. The molecule has 0 N–H and O–H groups in total. The average Bonchev–Trinajstić information content (AvgIpc) is 3.10. The number of carbonyl (C=O) groups excluding carboxylic acids is 1. The van der Waals surface area contributed by atoms with Crippen LogP contribution in [0.3, 0.4) is 0 Å². The Balaban J connectivity index is 1.38. The molecule has 0 saturated carbocycles. The van der Waals surface area contributed by atoms with E-state index >= 15 is 0 Å². The molecule has 1 amide bonds. The molecule has 1 unspecified atom stereocenters. The zero-order valence-electron chi connectivity index (χ0n) is 14.8. The molecule has 3 aliphatic rings. The number of hydrogen-bond donors (Lipinski definition) is 0. The lowest BCUT2D eigenvalue weighted by Crippen LogP contribution is -2.45. The van der Waals surface area contributed by atoms with Crippen LogP contribution < -0.4 is 4.90 Å². The van der Waals surface area contributed by atoms with E-state index < -0.39 is 5.79 Å². The van der Waals surface area contributed by atoms with Crippen LogP contribution >= 0.6 is 0 Å². The van der Waals surface area contributed by atoms with Crippen molar-refractivity contribution in [2.24, 2.45) is 5.92 Å². The summed E-state index contributed by atoms with van der Waals surface area (Å²) in [5.41, 5.74) is 0.578. The van der Waals surface area contributed by atoms with Gasteiger partial charge in [0.15, 0.2) is 5.79 Å². The second-order valence-corrected chi connectivity index (χ2v) is 7.36. The summed E-state index contributed by atoms with van der Waals surface area (Å²) in [7, 11) is 0. The first-order valence-electron chi connectivity index (χ1n) is 9.29. The van der Waals surface area contributed by atoms with Crippen molar-refractivity contribution in [3.8, 4) is 0 Å². The molecule has 3 saturated heterocycles. The van der Waals surface area contributed by atoms with Crippen LogP contribution in [0.1, 0.15) is 43.0 Å². The Bertz CT molecular complexity index is 605. The lowest BCUT2D eigenvalue weighted by molar-refractivity contribution is -0.169. The summed E-state index contributed by atoms with van der Waals surface area (Å²) in [6.07, 6.45) is 7.24. The summed E-state index contributed by atoms with van der Waals surface area (Å²) in [6.45, 7) is 6.83. The maximum absolute atomic E-state index is 12.6. The minimum Gasteiger partial charge on any atom is -0.347 e. The molecule has 0 bridgehead atoms.